The van der Waals surface area contributed by atoms with Crippen molar-refractivity contribution in [2.24, 2.45) is 0 Å². The van der Waals surface area contributed by atoms with Gasteiger partial charge in [0.15, 0.2) is 5.78 Å². The third kappa shape index (κ3) is 1.78. The van der Waals surface area contributed by atoms with Gasteiger partial charge in [0, 0.05) is 11.1 Å². The first kappa shape index (κ1) is 11.0. The molecule has 0 aliphatic rings. The number of hydrogen-bond donors (Lipinski definition) is 2. The molecule has 0 aliphatic carbocycles. The first-order valence-electron chi connectivity index (χ1n) is 5.53. The van der Waals surface area contributed by atoms with E-state index >= 15 is 0 Å². The molecule has 5 heteroatoms. The Morgan fingerprint density at radius 2 is 2.22 bits per heavy atom. The molecular formula is C13H11N3OS. The predicted molar refractivity (Wildman–Crippen MR) is 72.9 cm³/mol. The Morgan fingerprint density at radius 3 is 3.00 bits per heavy atom. The van der Waals surface area contributed by atoms with Crippen LogP contribution in [0.1, 0.15) is 15.9 Å². The highest BCUT2D eigenvalue weighted by Gasteiger charge is 2.14. The molecule has 18 heavy (non-hydrogen) atoms. The number of ketones is 1. The van der Waals surface area contributed by atoms with E-state index < -0.39 is 0 Å². The maximum absolute atomic E-state index is 12.1. The highest BCUT2D eigenvalue weighted by Crippen LogP contribution is 2.26. The lowest BCUT2D eigenvalue weighted by Crippen LogP contribution is -2.04. The zero-order chi connectivity index (χ0) is 12.5. The second kappa shape index (κ2) is 4.27. The minimum Gasteiger partial charge on any atom is -0.383 e. The molecule has 90 valence electrons. The standard InChI is InChI=1S/C13H11N3OS/c14-13-10(6-15-16-13)11(17)5-8-7-18-12-4-2-1-3-9(8)12/h1-4,6-7H,5H2,(H3,14,15,16). The van der Waals surface area contributed by atoms with Gasteiger partial charge in [-0.05, 0) is 22.4 Å². The van der Waals surface area contributed by atoms with Crippen molar-refractivity contribution in [2.75, 3.05) is 5.73 Å². The van der Waals surface area contributed by atoms with Gasteiger partial charge in [0.1, 0.15) is 5.82 Å². The zero-order valence-corrected chi connectivity index (χ0v) is 10.3. The molecule has 0 spiro atoms. The van der Waals surface area contributed by atoms with Crippen molar-refractivity contribution >= 4 is 33.0 Å². The number of thiophene rings is 1. The minimum absolute atomic E-state index is 0.00944. The van der Waals surface area contributed by atoms with Crippen molar-refractivity contribution in [3.8, 4) is 0 Å². The van der Waals surface area contributed by atoms with E-state index in [-0.39, 0.29) is 5.78 Å². The number of nitrogen functional groups attached to an aromatic ring is 1. The monoisotopic (exact) mass is 257 g/mol. The average molecular weight is 257 g/mol. The number of rotatable bonds is 3. The molecule has 0 radical (unpaired) electrons. The molecule has 1 aromatic carbocycles. The number of hydrogen-bond acceptors (Lipinski definition) is 4. The van der Waals surface area contributed by atoms with Gasteiger partial charge < -0.3 is 5.73 Å². The summed E-state index contributed by atoms with van der Waals surface area (Å²) in [6.45, 7) is 0. The summed E-state index contributed by atoms with van der Waals surface area (Å²) in [6, 6.07) is 8.07. The van der Waals surface area contributed by atoms with Gasteiger partial charge in [-0.25, -0.2) is 0 Å². The Morgan fingerprint density at radius 1 is 1.39 bits per heavy atom. The fraction of sp³-hybridized carbons (Fsp3) is 0.0769. The number of fused-ring (bicyclic) bond motifs is 1. The largest absolute Gasteiger partial charge is 0.383 e. The molecule has 0 atom stereocenters. The van der Waals surface area contributed by atoms with Gasteiger partial charge in [-0.1, -0.05) is 18.2 Å². The summed E-state index contributed by atoms with van der Waals surface area (Å²) in [5, 5.41) is 9.51. The molecule has 3 rings (SSSR count). The summed E-state index contributed by atoms with van der Waals surface area (Å²) in [6.07, 6.45) is 1.83. The number of anilines is 1. The maximum atomic E-state index is 12.1. The first-order valence-corrected chi connectivity index (χ1v) is 6.41. The van der Waals surface area contributed by atoms with Crippen LogP contribution in [-0.2, 0) is 6.42 Å². The Hall–Kier alpha value is -2.14. The van der Waals surface area contributed by atoms with Gasteiger partial charge >= 0.3 is 0 Å². The zero-order valence-electron chi connectivity index (χ0n) is 9.51. The van der Waals surface area contributed by atoms with Crippen LogP contribution in [0, 0.1) is 0 Å². The summed E-state index contributed by atoms with van der Waals surface area (Å²) in [5.74, 6) is 0.323. The van der Waals surface area contributed by atoms with Gasteiger partial charge in [-0.3, -0.25) is 9.89 Å². The number of carbonyl (C=O) groups is 1. The normalized spacial score (nSPS) is 10.9. The van der Waals surface area contributed by atoms with Gasteiger partial charge in [0.05, 0.1) is 11.8 Å². The number of benzene rings is 1. The number of nitrogens with zero attached hydrogens (tertiary/aromatic N) is 1. The van der Waals surface area contributed by atoms with Crippen molar-refractivity contribution in [3.05, 3.63) is 47.0 Å². The SMILES string of the molecule is Nc1[nH]ncc1C(=O)Cc1csc2ccccc12. The molecule has 0 saturated heterocycles. The fourth-order valence-electron chi connectivity index (χ4n) is 1.96. The molecule has 0 saturated carbocycles. The van der Waals surface area contributed by atoms with Crippen LogP contribution in [0.5, 0.6) is 0 Å². The molecule has 2 heterocycles. The lowest BCUT2D eigenvalue weighted by atomic mass is 10.0. The Labute approximate surface area is 107 Å². The summed E-state index contributed by atoms with van der Waals surface area (Å²) >= 11 is 1.65. The van der Waals surface area contributed by atoms with Crippen LogP contribution in [0.15, 0.2) is 35.8 Å². The molecular weight excluding hydrogens is 246 g/mol. The highest BCUT2D eigenvalue weighted by molar-refractivity contribution is 7.17. The number of Topliss-reactive ketones (excluding diaryl/α,β-unsaturated/α-hetero) is 1. The Bertz CT molecular complexity index is 714. The number of aromatic nitrogens is 2. The predicted octanol–water partition coefficient (Wildman–Crippen LogP) is 2.63. The Balaban J connectivity index is 1.93. The fourth-order valence-corrected chi connectivity index (χ4v) is 2.92. The van der Waals surface area contributed by atoms with Crippen molar-refractivity contribution in [1.29, 1.82) is 0 Å². The lowest BCUT2D eigenvalue weighted by Gasteiger charge is -1.98. The second-order valence-electron chi connectivity index (χ2n) is 4.05. The van der Waals surface area contributed by atoms with Crippen LogP contribution in [0.25, 0.3) is 10.1 Å². The molecule has 2 aromatic heterocycles. The topological polar surface area (TPSA) is 71.8 Å². The molecule has 3 aromatic rings. The summed E-state index contributed by atoms with van der Waals surface area (Å²) in [7, 11) is 0. The molecule has 0 amide bonds. The Kier molecular flexibility index (Phi) is 2.60. The molecule has 3 N–H and O–H groups in total. The van der Waals surface area contributed by atoms with Crippen LogP contribution < -0.4 is 5.73 Å². The van der Waals surface area contributed by atoms with Gasteiger partial charge in [-0.2, -0.15) is 5.10 Å². The number of H-pyrrole nitrogens is 1. The van der Waals surface area contributed by atoms with E-state index in [1.165, 1.54) is 10.9 Å². The third-order valence-corrected chi connectivity index (χ3v) is 3.89. The first-order chi connectivity index (χ1) is 8.75. The summed E-state index contributed by atoms with van der Waals surface area (Å²) in [5.41, 5.74) is 7.15. The summed E-state index contributed by atoms with van der Waals surface area (Å²) in [4.78, 5) is 12.1. The van der Waals surface area contributed by atoms with E-state index in [4.69, 9.17) is 5.73 Å². The van der Waals surface area contributed by atoms with Crippen molar-refractivity contribution in [2.45, 2.75) is 6.42 Å². The van der Waals surface area contributed by atoms with Crippen LogP contribution >= 0.6 is 11.3 Å². The molecule has 0 fully saturated rings. The van der Waals surface area contributed by atoms with E-state index in [1.54, 1.807) is 11.3 Å². The van der Waals surface area contributed by atoms with E-state index in [0.29, 0.717) is 17.8 Å². The maximum Gasteiger partial charge on any atom is 0.172 e. The number of carbonyl (C=O) groups excluding carboxylic acids is 1. The van der Waals surface area contributed by atoms with E-state index in [9.17, 15) is 4.79 Å². The molecule has 0 unspecified atom stereocenters. The highest BCUT2D eigenvalue weighted by atomic mass is 32.1. The second-order valence-corrected chi connectivity index (χ2v) is 4.97. The summed E-state index contributed by atoms with van der Waals surface area (Å²) < 4.78 is 1.19. The van der Waals surface area contributed by atoms with Crippen molar-refractivity contribution in [3.63, 3.8) is 0 Å². The van der Waals surface area contributed by atoms with Crippen LogP contribution in [0.3, 0.4) is 0 Å². The molecule has 4 nitrogen and oxygen atoms in total. The van der Waals surface area contributed by atoms with Crippen LogP contribution in [-0.4, -0.2) is 16.0 Å². The molecule has 0 bridgehead atoms. The van der Waals surface area contributed by atoms with Crippen molar-refractivity contribution < 1.29 is 4.79 Å². The van der Waals surface area contributed by atoms with E-state index in [1.807, 2.05) is 23.6 Å². The third-order valence-electron chi connectivity index (χ3n) is 2.88. The van der Waals surface area contributed by atoms with Gasteiger partial charge in [0.25, 0.3) is 0 Å². The van der Waals surface area contributed by atoms with Gasteiger partial charge in [-0.15, -0.1) is 11.3 Å². The average Bonchev–Trinajstić information content (AvgIpc) is 2.97. The molecule has 0 aliphatic heterocycles. The number of nitrogens with two attached hydrogens (primary N) is 1. The van der Waals surface area contributed by atoms with E-state index in [2.05, 4.69) is 16.3 Å². The van der Waals surface area contributed by atoms with E-state index in [0.717, 1.165) is 10.9 Å². The van der Waals surface area contributed by atoms with Crippen molar-refractivity contribution in [1.82, 2.24) is 10.2 Å². The smallest absolute Gasteiger partial charge is 0.172 e. The number of nitrogens with one attached hydrogen (secondary N) is 1. The van der Waals surface area contributed by atoms with Crippen LogP contribution in [0.2, 0.25) is 0 Å². The number of aromatic amines is 1. The van der Waals surface area contributed by atoms with Gasteiger partial charge in [0.2, 0.25) is 0 Å². The van der Waals surface area contributed by atoms with Crippen LogP contribution in [0.4, 0.5) is 5.82 Å². The quantitative estimate of drug-likeness (QED) is 0.708. The lowest BCUT2D eigenvalue weighted by molar-refractivity contribution is 0.0994. The minimum atomic E-state index is -0.00944.